The third-order valence-corrected chi connectivity index (χ3v) is 1.54. The van der Waals surface area contributed by atoms with Crippen LogP contribution in [0, 0.1) is 18.2 Å². The van der Waals surface area contributed by atoms with Gasteiger partial charge in [-0.15, -0.1) is 0 Å². The van der Waals surface area contributed by atoms with Crippen LogP contribution in [0.4, 0.5) is 0 Å². The van der Waals surface area contributed by atoms with E-state index in [0.29, 0.717) is 0 Å². The lowest BCUT2D eigenvalue weighted by Gasteiger charge is -1.96. The lowest BCUT2D eigenvalue weighted by molar-refractivity contribution is 1.32. The minimum atomic E-state index is 0.919. The Kier molecular flexibility index (Phi) is 1.87. The van der Waals surface area contributed by atoms with Crippen LogP contribution in [-0.2, 0) is 0 Å². The van der Waals surface area contributed by atoms with Gasteiger partial charge < -0.3 is 0 Å². The normalized spacial score (nSPS) is 9.67. The molecule has 0 unspecified atom stereocenters. The summed E-state index contributed by atoms with van der Waals surface area (Å²) in [4.78, 5) is 4.18. The average molecular weight is 152 g/mol. The molecule has 0 bridgehead atoms. The molecule has 1 heteroatoms. The van der Waals surface area contributed by atoms with Crippen LogP contribution >= 0.6 is 0 Å². The third-order valence-electron chi connectivity index (χ3n) is 1.54. The van der Waals surface area contributed by atoms with Crippen LogP contribution in [0.2, 0.25) is 0 Å². The molecule has 55 valence electrons. The molecule has 1 aromatic carbocycles. The van der Waals surface area contributed by atoms with Crippen molar-refractivity contribution in [2.75, 3.05) is 0 Å². The summed E-state index contributed by atoms with van der Waals surface area (Å²) in [6.07, 6.45) is 1.76. The molecule has 0 saturated carbocycles. The summed E-state index contributed by atoms with van der Waals surface area (Å²) in [7, 11) is 0. The maximum absolute atomic E-state index is 4.18. The second-order valence-corrected chi connectivity index (χ2v) is 2.36. The number of nitrogens with zero attached hydrogens (tertiary/aromatic N) is 1. The molecule has 0 atom stereocenters. The van der Waals surface area contributed by atoms with Crippen LogP contribution in [0.5, 0.6) is 0 Å². The van der Waals surface area contributed by atoms with Crippen LogP contribution < -0.4 is 0 Å². The van der Waals surface area contributed by atoms with E-state index < -0.39 is 0 Å². The molecule has 2 aromatic rings. The molecule has 0 aliphatic carbocycles. The van der Waals surface area contributed by atoms with Crippen LogP contribution in [0.3, 0.4) is 0 Å². The van der Waals surface area contributed by atoms with Crippen molar-refractivity contribution in [2.24, 2.45) is 0 Å². The Labute approximate surface area is 71.7 Å². The lowest BCUT2D eigenvalue weighted by atomic mass is 10.1. The van der Waals surface area contributed by atoms with E-state index >= 15 is 0 Å². The molecular weight excluding hydrogens is 146 g/mol. The van der Waals surface area contributed by atoms with Gasteiger partial charge in [0.2, 0.25) is 0 Å². The van der Waals surface area contributed by atoms with Crippen LogP contribution in [-0.4, -0.2) is 4.98 Å². The summed E-state index contributed by atoms with van der Waals surface area (Å²) in [5, 5.41) is 0. The molecule has 0 aliphatic heterocycles. The fraction of sp³-hybridized carbons (Fsp3) is 0. The maximum atomic E-state index is 4.18. The largest absolute Gasteiger partial charge is 0.256 e. The minimum Gasteiger partial charge on any atom is -0.256 e. The van der Waals surface area contributed by atoms with Crippen molar-refractivity contribution in [3.05, 3.63) is 54.7 Å². The highest BCUT2D eigenvalue weighted by atomic mass is 14.7. The van der Waals surface area contributed by atoms with Crippen molar-refractivity contribution >= 4 is 0 Å². The van der Waals surface area contributed by atoms with Crippen molar-refractivity contribution in [3.63, 3.8) is 0 Å². The van der Waals surface area contributed by atoms with E-state index in [-0.39, 0.29) is 0 Å². The Morgan fingerprint density at radius 3 is 2.83 bits per heavy atom. The van der Waals surface area contributed by atoms with Gasteiger partial charge >= 0.3 is 0 Å². The van der Waals surface area contributed by atoms with Crippen molar-refractivity contribution in [2.45, 2.75) is 0 Å². The third kappa shape index (κ3) is 1.35. The first-order valence-electron chi connectivity index (χ1n) is 3.68. The first-order valence-corrected chi connectivity index (χ1v) is 3.68. The van der Waals surface area contributed by atoms with E-state index in [1.165, 1.54) is 0 Å². The van der Waals surface area contributed by atoms with E-state index in [9.17, 15) is 0 Å². The van der Waals surface area contributed by atoms with Crippen molar-refractivity contribution < 1.29 is 0 Å². The summed E-state index contributed by atoms with van der Waals surface area (Å²) in [6, 6.07) is 18.0. The highest BCUT2D eigenvalue weighted by molar-refractivity contribution is 5.57. The van der Waals surface area contributed by atoms with Crippen LogP contribution in [0.15, 0.2) is 36.5 Å². The predicted molar refractivity (Wildman–Crippen MR) is 46.2 cm³/mol. The molecule has 1 aromatic heterocycles. The molecule has 0 fully saturated rings. The highest BCUT2D eigenvalue weighted by Crippen LogP contribution is 2.13. The molecule has 2 rings (SSSR count). The van der Waals surface area contributed by atoms with Gasteiger partial charge in [-0.3, -0.25) is 4.98 Å². The standard InChI is InChI=1S/C11H6N/c1-2-6-10(7-3-1)11-8-4-5-9-12-11/h2,4-6,8-9H. The van der Waals surface area contributed by atoms with E-state index in [1.807, 2.05) is 24.3 Å². The molecule has 0 saturated heterocycles. The van der Waals surface area contributed by atoms with E-state index in [2.05, 4.69) is 23.2 Å². The molecule has 0 aliphatic rings. The second-order valence-electron chi connectivity index (χ2n) is 2.36. The Morgan fingerprint density at radius 2 is 2.17 bits per heavy atom. The van der Waals surface area contributed by atoms with Crippen molar-refractivity contribution in [1.82, 2.24) is 4.98 Å². The van der Waals surface area contributed by atoms with E-state index in [1.54, 1.807) is 12.3 Å². The van der Waals surface area contributed by atoms with Gasteiger partial charge in [0.15, 0.2) is 0 Å². The Bertz CT molecular complexity index is 302. The van der Waals surface area contributed by atoms with E-state index in [4.69, 9.17) is 0 Å². The molecule has 1 nitrogen and oxygen atoms in total. The predicted octanol–water partition coefficient (Wildman–Crippen LogP) is 2.15. The molecule has 0 amide bonds. The number of hydrogen-bond donors (Lipinski definition) is 0. The molecule has 12 heavy (non-hydrogen) atoms. The molecular formula is C11H6N. The first-order chi connectivity index (χ1) is 5.97. The summed E-state index contributed by atoms with van der Waals surface area (Å²) < 4.78 is 0. The molecule has 0 spiro atoms. The molecule has 0 N–H and O–H groups in total. The topological polar surface area (TPSA) is 12.9 Å². The summed E-state index contributed by atoms with van der Waals surface area (Å²) >= 11 is 0. The maximum Gasteiger partial charge on any atom is 0.0708 e. The Balaban J connectivity index is 2.46. The van der Waals surface area contributed by atoms with Gasteiger partial charge in [0.05, 0.1) is 5.69 Å². The van der Waals surface area contributed by atoms with Crippen molar-refractivity contribution in [1.29, 1.82) is 0 Å². The van der Waals surface area contributed by atoms with E-state index in [0.717, 1.165) is 11.3 Å². The second kappa shape index (κ2) is 3.18. The zero-order chi connectivity index (χ0) is 8.23. The number of aromatic nitrogens is 1. The number of hydrogen-bond acceptors (Lipinski definition) is 1. The van der Waals surface area contributed by atoms with Gasteiger partial charge in [0.25, 0.3) is 0 Å². The average Bonchev–Trinajstić information content (AvgIpc) is 2.21. The summed E-state index contributed by atoms with van der Waals surface area (Å²) in [6.45, 7) is 0. The lowest BCUT2D eigenvalue weighted by Crippen LogP contribution is -1.80. The Hall–Kier alpha value is -1.63. The van der Waals surface area contributed by atoms with Crippen LogP contribution in [0.1, 0.15) is 0 Å². The van der Waals surface area contributed by atoms with Gasteiger partial charge in [-0.2, -0.15) is 0 Å². The Morgan fingerprint density at radius 1 is 1.17 bits per heavy atom. The van der Waals surface area contributed by atoms with Gasteiger partial charge in [0, 0.05) is 17.8 Å². The number of rotatable bonds is 1. The fourth-order valence-electron chi connectivity index (χ4n) is 0.983. The zero-order valence-electron chi connectivity index (χ0n) is 6.41. The smallest absolute Gasteiger partial charge is 0.0708 e. The number of pyridine rings is 1. The van der Waals surface area contributed by atoms with Gasteiger partial charge in [-0.05, 0) is 24.3 Å². The monoisotopic (exact) mass is 152 g/mol. The van der Waals surface area contributed by atoms with Crippen molar-refractivity contribution in [3.8, 4) is 11.3 Å². The summed E-state index contributed by atoms with van der Waals surface area (Å²) in [5.41, 5.74) is 1.87. The minimum absolute atomic E-state index is 0.919. The number of benzene rings is 1. The SMILES string of the molecule is [c]1[c]ccc(-c2ccccn2)[c]1. The first kappa shape index (κ1) is 7.04. The zero-order valence-corrected chi connectivity index (χ0v) is 6.41. The molecule has 3 radical (unpaired) electrons. The highest BCUT2D eigenvalue weighted by Gasteiger charge is 1.94. The van der Waals surface area contributed by atoms with Gasteiger partial charge in [-0.25, -0.2) is 0 Å². The summed E-state index contributed by atoms with van der Waals surface area (Å²) in [5.74, 6) is 0. The van der Waals surface area contributed by atoms with Crippen LogP contribution in [0.25, 0.3) is 11.3 Å². The molecule has 1 heterocycles. The van der Waals surface area contributed by atoms with Gasteiger partial charge in [0.1, 0.15) is 0 Å². The van der Waals surface area contributed by atoms with Gasteiger partial charge in [-0.1, -0.05) is 18.2 Å². The quantitative estimate of drug-likeness (QED) is 0.610. The fourth-order valence-corrected chi connectivity index (χ4v) is 0.983.